The highest BCUT2D eigenvalue weighted by Gasteiger charge is 2.14. The molecule has 1 unspecified atom stereocenters. The summed E-state index contributed by atoms with van der Waals surface area (Å²) in [5.74, 6) is 2.37. The van der Waals surface area contributed by atoms with Crippen LogP contribution in [0.5, 0.6) is 0 Å². The second-order valence-electron chi connectivity index (χ2n) is 1.58. The molecule has 1 aliphatic rings. The first-order valence-electron chi connectivity index (χ1n) is 2.28. The first-order valence-corrected chi connectivity index (χ1v) is 4.14. The fourth-order valence-electron chi connectivity index (χ4n) is 0.535. The van der Waals surface area contributed by atoms with Crippen LogP contribution in [0.25, 0.3) is 0 Å². The lowest BCUT2D eigenvalue weighted by Crippen LogP contribution is -1.48. The third-order valence-electron chi connectivity index (χ3n) is 1.09. The Labute approximate surface area is 40.0 Å². The van der Waals surface area contributed by atoms with E-state index in [4.69, 9.17) is 0 Å². The van der Waals surface area contributed by atoms with Crippen molar-refractivity contribution in [2.24, 2.45) is 0 Å². The van der Waals surface area contributed by atoms with Gasteiger partial charge in [-0.2, -0.15) is 0 Å². The molecule has 0 saturated carbocycles. The highest BCUT2D eigenvalue weighted by Crippen LogP contribution is 2.59. The topological polar surface area (TPSA) is 0 Å². The molecular weight excluding hydrogens is 91.0 g/mol. The van der Waals surface area contributed by atoms with Crippen molar-refractivity contribution in [2.45, 2.75) is 13.3 Å². The SMILES string of the molecule is CCC1=CP1C. The summed E-state index contributed by atoms with van der Waals surface area (Å²) in [7, 11) is 0.358. The normalized spacial score (nSPS) is 29.7. The van der Waals surface area contributed by atoms with E-state index in [1.807, 2.05) is 0 Å². The highest BCUT2D eigenvalue weighted by molar-refractivity contribution is 7.71. The maximum absolute atomic E-state index is 2.37. The molecule has 0 aromatic heterocycles. The third kappa shape index (κ3) is 0.628. The molecule has 0 aliphatic carbocycles. The van der Waals surface area contributed by atoms with E-state index in [1.165, 1.54) is 6.42 Å². The van der Waals surface area contributed by atoms with Crippen LogP contribution >= 0.6 is 7.92 Å². The largest absolute Gasteiger partial charge is 0.0612 e. The van der Waals surface area contributed by atoms with Gasteiger partial charge in [-0.15, -0.1) is 0 Å². The average Bonchev–Trinajstić information content (AvgIpc) is 2.19. The zero-order chi connectivity index (χ0) is 4.57. The predicted molar refractivity (Wildman–Crippen MR) is 31.2 cm³/mol. The van der Waals surface area contributed by atoms with Crippen molar-refractivity contribution >= 4 is 7.92 Å². The van der Waals surface area contributed by atoms with Gasteiger partial charge in [-0.3, -0.25) is 0 Å². The maximum atomic E-state index is 2.37. The molecule has 1 aliphatic heterocycles. The predicted octanol–water partition coefficient (Wildman–Crippen LogP) is 2.36. The summed E-state index contributed by atoms with van der Waals surface area (Å²) < 4.78 is 0. The summed E-state index contributed by atoms with van der Waals surface area (Å²) in [4.78, 5) is 0. The molecule has 0 spiro atoms. The van der Waals surface area contributed by atoms with Gasteiger partial charge in [-0.05, 0) is 18.4 Å². The van der Waals surface area contributed by atoms with Crippen LogP contribution in [-0.4, -0.2) is 6.66 Å². The van der Waals surface area contributed by atoms with Crippen molar-refractivity contribution in [1.82, 2.24) is 0 Å². The summed E-state index contributed by atoms with van der Waals surface area (Å²) in [6, 6.07) is 0. The number of hydrogen-bond acceptors (Lipinski definition) is 0. The maximum Gasteiger partial charge on any atom is -0.0300 e. The van der Waals surface area contributed by atoms with Gasteiger partial charge in [-0.25, -0.2) is 0 Å². The standard InChI is InChI=1S/C5H9P/c1-3-5-4-6(5)2/h4H,3H2,1-2H3. The average molecular weight is 100 g/mol. The Bertz CT molecular complexity index is 83.9. The van der Waals surface area contributed by atoms with Crippen LogP contribution in [0.3, 0.4) is 0 Å². The van der Waals surface area contributed by atoms with Gasteiger partial charge in [0, 0.05) is 0 Å². The monoisotopic (exact) mass is 100 g/mol. The zero-order valence-corrected chi connectivity index (χ0v) is 5.13. The van der Waals surface area contributed by atoms with E-state index in [2.05, 4.69) is 19.4 Å². The Kier molecular flexibility index (Phi) is 0.972. The molecule has 1 rings (SSSR count). The summed E-state index contributed by atoms with van der Waals surface area (Å²) in [5.41, 5.74) is 0. The van der Waals surface area contributed by atoms with Crippen molar-refractivity contribution in [3.63, 3.8) is 0 Å². The van der Waals surface area contributed by atoms with Crippen LogP contribution in [0.4, 0.5) is 0 Å². The van der Waals surface area contributed by atoms with Crippen LogP contribution in [0.1, 0.15) is 13.3 Å². The Morgan fingerprint density at radius 2 is 2.33 bits per heavy atom. The van der Waals surface area contributed by atoms with E-state index < -0.39 is 0 Å². The lowest BCUT2D eigenvalue weighted by molar-refractivity contribution is 1.22. The molecule has 1 heteroatoms. The van der Waals surface area contributed by atoms with Crippen molar-refractivity contribution < 1.29 is 0 Å². The summed E-state index contributed by atoms with van der Waals surface area (Å²) in [6.45, 7) is 4.52. The van der Waals surface area contributed by atoms with Gasteiger partial charge in [0.1, 0.15) is 0 Å². The summed E-state index contributed by atoms with van der Waals surface area (Å²) >= 11 is 0. The van der Waals surface area contributed by atoms with Crippen LogP contribution in [0, 0.1) is 0 Å². The molecule has 0 N–H and O–H groups in total. The fraction of sp³-hybridized carbons (Fsp3) is 0.600. The summed E-state index contributed by atoms with van der Waals surface area (Å²) in [6.07, 6.45) is 1.29. The van der Waals surface area contributed by atoms with Gasteiger partial charge in [0.2, 0.25) is 0 Å². The molecule has 0 amide bonds. The van der Waals surface area contributed by atoms with Gasteiger partial charge in [-0.1, -0.05) is 20.7 Å². The third-order valence-corrected chi connectivity index (χ3v) is 2.86. The Morgan fingerprint density at radius 1 is 1.83 bits per heavy atom. The molecule has 0 aromatic carbocycles. The van der Waals surface area contributed by atoms with Crippen LogP contribution in [0.2, 0.25) is 0 Å². The molecule has 6 heavy (non-hydrogen) atoms. The Hall–Kier alpha value is 0.170. The number of allylic oxidation sites excluding steroid dienone is 1. The smallest absolute Gasteiger partial charge is 0.0300 e. The van der Waals surface area contributed by atoms with E-state index in [-0.39, 0.29) is 0 Å². The molecule has 0 fully saturated rings. The molecule has 1 heterocycles. The van der Waals surface area contributed by atoms with E-state index in [1.54, 1.807) is 5.31 Å². The van der Waals surface area contributed by atoms with Crippen molar-refractivity contribution in [3.8, 4) is 0 Å². The molecular formula is C5H9P. The van der Waals surface area contributed by atoms with Crippen molar-refractivity contribution in [3.05, 3.63) is 11.1 Å². The second kappa shape index (κ2) is 1.35. The van der Waals surface area contributed by atoms with Crippen LogP contribution in [0.15, 0.2) is 11.1 Å². The highest BCUT2D eigenvalue weighted by atomic mass is 31.1. The molecule has 0 saturated heterocycles. The second-order valence-corrected chi connectivity index (χ2v) is 3.64. The van der Waals surface area contributed by atoms with Gasteiger partial charge in [0.05, 0.1) is 0 Å². The Morgan fingerprint density at radius 3 is 2.33 bits per heavy atom. The zero-order valence-electron chi connectivity index (χ0n) is 4.23. The van der Waals surface area contributed by atoms with E-state index >= 15 is 0 Å². The van der Waals surface area contributed by atoms with Gasteiger partial charge in [0.15, 0.2) is 0 Å². The first kappa shape index (κ1) is 4.33. The minimum Gasteiger partial charge on any atom is -0.0612 e. The first-order chi connectivity index (χ1) is 2.84. The number of rotatable bonds is 1. The molecule has 1 atom stereocenters. The fourth-order valence-corrected chi connectivity index (χ4v) is 1.95. The van der Waals surface area contributed by atoms with Crippen LogP contribution < -0.4 is 0 Å². The van der Waals surface area contributed by atoms with E-state index in [0.717, 1.165) is 0 Å². The molecule has 34 valence electrons. The molecule has 0 nitrogen and oxygen atoms in total. The molecule has 0 bridgehead atoms. The minimum absolute atomic E-state index is 0.358. The lowest BCUT2D eigenvalue weighted by Gasteiger charge is -1.79. The van der Waals surface area contributed by atoms with Gasteiger partial charge >= 0.3 is 0 Å². The number of hydrogen-bond donors (Lipinski definition) is 0. The minimum atomic E-state index is 0.358. The lowest BCUT2D eigenvalue weighted by atomic mass is 10.5. The molecule has 0 aromatic rings. The van der Waals surface area contributed by atoms with Gasteiger partial charge in [0.25, 0.3) is 0 Å². The van der Waals surface area contributed by atoms with E-state index in [0.29, 0.717) is 7.92 Å². The van der Waals surface area contributed by atoms with Crippen LogP contribution in [-0.2, 0) is 0 Å². The molecule has 0 radical (unpaired) electrons. The van der Waals surface area contributed by atoms with Gasteiger partial charge < -0.3 is 0 Å². The van der Waals surface area contributed by atoms with Crippen molar-refractivity contribution in [2.75, 3.05) is 6.66 Å². The quantitative estimate of drug-likeness (QED) is 0.444. The summed E-state index contributed by atoms with van der Waals surface area (Å²) in [5, 5.41) is 1.70. The van der Waals surface area contributed by atoms with E-state index in [9.17, 15) is 0 Å². The Balaban J connectivity index is 2.23. The van der Waals surface area contributed by atoms with Crippen molar-refractivity contribution in [1.29, 1.82) is 0 Å².